The van der Waals surface area contributed by atoms with Gasteiger partial charge in [0.05, 0.1) is 6.54 Å². The molecule has 4 heteroatoms. The van der Waals surface area contributed by atoms with E-state index in [4.69, 9.17) is 0 Å². The number of halogens is 1. The topological polar surface area (TPSA) is 39.1 Å². The molecular weight excluding hydrogens is 330 g/mol. The van der Waals surface area contributed by atoms with E-state index in [-0.39, 0.29) is 17.9 Å². The van der Waals surface area contributed by atoms with Crippen molar-refractivity contribution in [3.8, 4) is 0 Å². The first-order valence-corrected chi connectivity index (χ1v) is 7.31. The highest BCUT2D eigenvalue weighted by Gasteiger charge is 2.09. The summed E-state index contributed by atoms with van der Waals surface area (Å²) in [7, 11) is 0. The minimum atomic E-state index is -0.188. The van der Waals surface area contributed by atoms with Crippen LogP contribution in [0, 0.1) is 0 Å². The maximum Gasteiger partial charge on any atom is 0.251 e. The molecule has 3 aromatic rings. The molecule has 0 radical (unpaired) electrons. The fourth-order valence-corrected chi connectivity index (χ4v) is 2.61. The lowest BCUT2D eigenvalue weighted by Gasteiger charge is -2.06. The fraction of sp³-hybridized carbons (Fsp3) is 0.0588. The molecule has 0 fully saturated rings. The number of aromatic nitrogens is 1. The van der Waals surface area contributed by atoms with Crippen molar-refractivity contribution in [3.05, 3.63) is 81.2 Å². The zero-order valence-corrected chi connectivity index (χ0v) is 12.7. The Morgan fingerprint density at radius 3 is 2.57 bits per heavy atom. The molecule has 3 rings (SSSR count). The van der Waals surface area contributed by atoms with Crippen LogP contribution in [0.25, 0.3) is 10.8 Å². The van der Waals surface area contributed by atoms with Gasteiger partial charge in [-0.1, -0.05) is 36.4 Å². The highest BCUT2D eigenvalue weighted by atomic mass is 79.9. The third-order valence-electron chi connectivity index (χ3n) is 3.33. The molecule has 0 N–H and O–H groups in total. The second kappa shape index (κ2) is 5.66. The van der Waals surface area contributed by atoms with Gasteiger partial charge in [-0.3, -0.25) is 9.59 Å². The third-order valence-corrected chi connectivity index (χ3v) is 3.80. The molecule has 0 unspecified atom stereocenters. The van der Waals surface area contributed by atoms with E-state index >= 15 is 0 Å². The van der Waals surface area contributed by atoms with Crippen molar-refractivity contribution in [2.45, 2.75) is 6.54 Å². The number of rotatable bonds is 3. The summed E-state index contributed by atoms with van der Waals surface area (Å²) in [6.45, 7) is 0.0383. The Balaban J connectivity index is 1.93. The van der Waals surface area contributed by atoms with Gasteiger partial charge in [0.15, 0.2) is 5.78 Å². The van der Waals surface area contributed by atoms with Crippen molar-refractivity contribution < 1.29 is 4.79 Å². The molecule has 104 valence electrons. The highest BCUT2D eigenvalue weighted by molar-refractivity contribution is 9.10. The predicted octanol–water partition coefficient (Wildman–Crippen LogP) is 3.65. The molecule has 3 nitrogen and oxygen atoms in total. The van der Waals surface area contributed by atoms with Gasteiger partial charge in [-0.2, -0.15) is 0 Å². The second-order valence-corrected chi connectivity index (χ2v) is 5.71. The Hall–Kier alpha value is -2.20. The van der Waals surface area contributed by atoms with Gasteiger partial charge in [-0.25, -0.2) is 0 Å². The van der Waals surface area contributed by atoms with E-state index < -0.39 is 0 Å². The summed E-state index contributed by atoms with van der Waals surface area (Å²) in [5.41, 5.74) is 0.424. The molecule has 0 amide bonds. The van der Waals surface area contributed by atoms with Crippen LogP contribution in [-0.2, 0) is 6.54 Å². The van der Waals surface area contributed by atoms with Gasteiger partial charge in [-0.05, 0) is 38.8 Å². The van der Waals surface area contributed by atoms with Gasteiger partial charge in [-0.15, -0.1) is 0 Å². The van der Waals surface area contributed by atoms with Crippen LogP contribution in [0.3, 0.4) is 0 Å². The summed E-state index contributed by atoms with van der Waals surface area (Å²) in [5, 5.41) is 2.11. The summed E-state index contributed by atoms with van der Waals surface area (Å²) in [5.74, 6) is -0.0825. The number of pyridine rings is 1. The average molecular weight is 342 g/mol. The molecule has 0 saturated heterocycles. The van der Waals surface area contributed by atoms with Crippen molar-refractivity contribution in [3.63, 3.8) is 0 Å². The van der Waals surface area contributed by atoms with Crippen molar-refractivity contribution in [1.29, 1.82) is 0 Å². The normalized spacial score (nSPS) is 10.7. The number of benzene rings is 2. The molecule has 1 heterocycles. The molecule has 21 heavy (non-hydrogen) atoms. The SMILES string of the molecule is O=C(Cn1cc(Br)ccc1=O)c1ccc2ccccc2c1. The first-order valence-electron chi connectivity index (χ1n) is 6.51. The fourth-order valence-electron chi connectivity index (χ4n) is 2.23. The van der Waals surface area contributed by atoms with E-state index in [1.165, 1.54) is 10.6 Å². The number of fused-ring (bicyclic) bond motifs is 1. The monoisotopic (exact) mass is 341 g/mol. The van der Waals surface area contributed by atoms with Gasteiger partial charge in [0, 0.05) is 22.3 Å². The number of hydrogen-bond acceptors (Lipinski definition) is 2. The predicted molar refractivity (Wildman–Crippen MR) is 86.7 cm³/mol. The second-order valence-electron chi connectivity index (χ2n) is 4.80. The van der Waals surface area contributed by atoms with Gasteiger partial charge in [0.1, 0.15) is 0 Å². The summed E-state index contributed by atoms with van der Waals surface area (Å²) in [6.07, 6.45) is 1.63. The van der Waals surface area contributed by atoms with Crippen LogP contribution in [0.4, 0.5) is 0 Å². The molecule has 0 atom stereocenters. The summed E-state index contributed by atoms with van der Waals surface area (Å²) >= 11 is 3.30. The summed E-state index contributed by atoms with van der Waals surface area (Å²) in [6, 6.07) is 16.6. The standard InChI is InChI=1S/C17H12BrNO2/c18-15-7-8-17(21)19(10-15)11-16(20)14-6-5-12-3-1-2-4-13(12)9-14/h1-10H,11H2. The third kappa shape index (κ3) is 2.95. The van der Waals surface area contributed by atoms with E-state index in [2.05, 4.69) is 15.9 Å². The van der Waals surface area contributed by atoms with E-state index in [0.29, 0.717) is 5.56 Å². The molecular formula is C17H12BrNO2. The van der Waals surface area contributed by atoms with Crippen LogP contribution in [0.5, 0.6) is 0 Å². The maximum atomic E-state index is 12.3. The molecule has 2 aromatic carbocycles. The molecule has 0 bridgehead atoms. The molecule has 0 aliphatic heterocycles. The number of carbonyl (C=O) groups excluding carboxylic acids is 1. The van der Waals surface area contributed by atoms with Crippen LogP contribution < -0.4 is 5.56 Å². The highest BCUT2D eigenvalue weighted by Crippen LogP contribution is 2.16. The Morgan fingerprint density at radius 2 is 1.76 bits per heavy atom. The van der Waals surface area contributed by atoms with E-state index in [1.54, 1.807) is 18.3 Å². The number of carbonyl (C=O) groups is 1. The summed E-state index contributed by atoms with van der Waals surface area (Å²) in [4.78, 5) is 24.1. The van der Waals surface area contributed by atoms with Crippen molar-refractivity contribution in [2.24, 2.45) is 0 Å². The molecule has 0 spiro atoms. The minimum absolute atomic E-state index is 0.0383. The maximum absolute atomic E-state index is 12.3. The lowest BCUT2D eigenvalue weighted by Crippen LogP contribution is -2.22. The number of ketones is 1. The number of Topliss-reactive ketones (excluding diaryl/α,β-unsaturated/α-hetero) is 1. The zero-order valence-electron chi connectivity index (χ0n) is 11.1. The lowest BCUT2D eigenvalue weighted by molar-refractivity contribution is 0.0971. The molecule has 1 aromatic heterocycles. The van der Waals surface area contributed by atoms with Crippen LogP contribution in [0.2, 0.25) is 0 Å². The van der Waals surface area contributed by atoms with E-state index in [1.807, 2.05) is 36.4 Å². The molecule has 0 aliphatic carbocycles. The Morgan fingerprint density at radius 1 is 1.00 bits per heavy atom. The van der Waals surface area contributed by atoms with Crippen molar-refractivity contribution >= 4 is 32.5 Å². The summed E-state index contributed by atoms with van der Waals surface area (Å²) < 4.78 is 2.18. The average Bonchev–Trinajstić information content (AvgIpc) is 2.50. The Kier molecular flexibility index (Phi) is 3.71. The number of nitrogens with zero attached hydrogens (tertiary/aromatic N) is 1. The quantitative estimate of drug-likeness (QED) is 0.682. The molecule has 0 saturated carbocycles. The first-order chi connectivity index (χ1) is 10.1. The van der Waals surface area contributed by atoms with Crippen molar-refractivity contribution in [1.82, 2.24) is 4.57 Å². The molecule has 0 aliphatic rings. The minimum Gasteiger partial charge on any atom is -0.307 e. The Labute approximate surface area is 130 Å². The Bertz CT molecular complexity index is 883. The van der Waals surface area contributed by atoms with Gasteiger partial charge in [0.2, 0.25) is 0 Å². The zero-order chi connectivity index (χ0) is 14.8. The van der Waals surface area contributed by atoms with E-state index in [0.717, 1.165) is 15.2 Å². The van der Waals surface area contributed by atoms with Gasteiger partial charge in [0.25, 0.3) is 5.56 Å². The lowest BCUT2D eigenvalue weighted by atomic mass is 10.0. The largest absolute Gasteiger partial charge is 0.307 e. The van der Waals surface area contributed by atoms with Gasteiger partial charge >= 0.3 is 0 Å². The smallest absolute Gasteiger partial charge is 0.251 e. The van der Waals surface area contributed by atoms with Gasteiger partial charge < -0.3 is 4.57 Å². The first kappa shape index (κ1) is 13.8. The van der Waals surface area contributed by atoms with Crippen LogP contribution >= 0.6 is 15.9 Å². The van der Waals surface area contributed by atoms with Crippen molar-refractivity contribution in [2.75, 3.05) is 0 Å². The van der Waals surface area contributed by atoms with Crippen LogP contribution in [-0.4, -0.2) is 10.4 Å². The van der Waals surface area contributed by atoms with Crippen LogP contribution in [0.15, 0.2) is 70.1 Å². The van der Waals surface area contributed by atoms with Crippen LogP contribution in [0.1, 0.15) is 10.4 Å². The van der Waals surface area contributed by atoms with E-state index in [9.17, 15) is 9.59 Å². The number of hydrogen-bond donors (Lipinski definition) is 0.